The fraction of sp³-hybridized carbons (Fsp3) is 0. The van der Waals surface area contributed by atoms with E-state index in [1.54, 1.807) is 0 Å². The van der Waals surface area contributed by atoms with Crippen molar-refractivity contribution in [3.63, 3.8) is 0 Å². The van der Waals surface area contributed by atoms with E-state index in [1.165, 1.54) is 10.8 Å². The standard InChI is InChI=1S/C64H41N/c1-3-21-51-46(15-1)40-62(58-28-10-5-23-53(51)58)44-17-13-19-49(37-44)65(50-20-14-18-45(38-50)63-41-47-16-2-4-22-52(47)54-24-6-11-29-59(54)63)48-34-31-42(32-35-48)43-33-36-61-57-27-8-7-25-55(57)56-26-9-12-30-60(56)64(61)39-43/h1-41H/i31D,32D,34D,35D. The normalized spacial score (nSPS) is 12.6. The molecule has 0 aliphatic rings. The monoisotopic (exact) mass is 827 g/mol. The van der Waals surface area contributed by atoms with Crippen molar-refractivity contribution in [2.24, 2.45) is 0 Å². The Balaban J connectivity index is 1.04. The van der Waals surface area contributed by atoms with Crippen LogP contribution in [0.5, 0.6) is 0 Å². The zero-order valence-electron chi connectivity index (χ0n) is 39.3. The van der Waals surface area contributed by atoms with E-state index < -0.39 is 0 Å². The van der Waals surface area contributed by atoms with Gasteiger partial charge in [-0.1, -0.05) is 194 Å². The largest absolute Gasteiger partial charge is 0.310 e. The molecule has 0 amide bonds. The maximum absolute atomic E-state index is 9.95. The fourth-order valence-corrected chi connectivity index (χ4v) is 10.2. The quantitative estimate of drug-likeness (QED) is 0.151. The average Bonchev–Trinajstić information content (AvgIpc) is 3.41. The second kappa shape index (κ2) is 15.1. The van der Waals surface area contributed by atoms with Gasteiger partial charge < -0.3 is 4.90 Å². The van der Waals surface area contributed by atoms with Crippen LogP contribution in [-0.2, 0) is 0 Å². The predicted molar refractivity (Wildman–Crippen MR) is 280 cm³/mol. The molecular formula is C64H41N. The number of rotatable bonds is 6. The van der Waals surface area contributed by atoms with Crippen molar-refractivity contribution in [2.45, 2.75) is 0 Å². The van der Waals surface area contributed by atoms with Crippen LogP contribution >= 0.6 is 0 Å². The zero-order valence-corrected chi connectivity index (χ0v) is 35.3. The molecule has 0 saturated carbocycles. The molecule has 0 aromatic heterocycles. The summed E-state index contributed by atoms with van der Waals surface area (Å²) in [6, 6.07) is 77.2. The van der Waals surface area contributed by atoms with Crippen LogP contribution in [0.25, 0.3) is 109 Å². The van der Waals surface area contributed by atoms with Crippen LogP contribution in [0.3, 0.4) is 0 Å². The first kappa shape index (κ1) is 33.1. The molecule has 0 N–H and O–H groups in total. The van der Waals surface area contributed by atoms with Gasteiger partial charge in [0.05, 0.1) is 5.48 Å². The summed E-state index contributed by atoms with van der Waals surface area (Å²) >= 11 is 0. The van der Waals surface area contributed by atoms with Gasteiger partial charge in [-0.05, 0) is 163 Å². The van der Waals surface area contributed by atoms with Crippen molar-refractivity contribution in [3.05, 3.63) is 249 Å². The highest BCUT2D eigenvalue weighted by atomic mass is 15.1. The van der Waals surface area contributed by atoms with Gasteiger partial charge in [-0.15, -0.1) is 0 Å². The average molecular weight is 828 g/mol. The van der Waals surface area contributed by atoms with Crippen molar-refractivity contribution < 1.29 is 5.48 Å². The van der Waals surface area contributed by atoms with Gasteiger partial charge in [0.1, 0.15) is 0 Å². The van der Waals surface area contributed by atoms with Gasteiger partial charge in [0.15, 0.2) is 0 Å². The number of benzene rings is 13. The highest BCUT2D eigenvalue weighted by Crippen LogP contribution is 2.44. The van der Waals surface area contributed by atoms with E-state index in [0.717, 1.165) is 86.9 Å². The van der Waals surface area contributed by atoms with Crippen LogP contribution in [0.15, 0.2) is 249 Å². The van der Waals surface area contributed by atoms with Crippen molar-refractivity contribution >= 4 is 92.5 Å². The Morgan fingerprint density at radius 3 is 1.09 bits per heavy atom. The van der Waals surface area contributed by atoms with Gasteiger partial charge in [0.25, 0.3) is 0 Å². The molecule has 13 aromatic rings. The number of fused-ring (bicyclic) bond motifs is 12. The third kappa shape index (κ3) is 6.16. The Labute approximate surface area is 383 Å². The SMILES string of the molecule is [2H]c1c([2H])c(N(c2cccc(-c3cc4ccccc4c4ccccc34)c2)c2cccc(-c3cc4ccccc4c4ccccc34)c2)c([2H])c([2H])c1-c1ccc2c3ccccc3c3ccccc3c2c1. The number of nitrogens with zero attached hydrogens (tertiary/aromatic N) is 1. The maximum atomic E-state index is 9.95. The third-order valence-electron chi connectivity index (χ3n) is 13.2. The van der Waals surface area contributed by atoms with Crippen molar-refractivity contribution in [2.75, 3.05) is 4.90 Å². The number of hydrogen-bond donors (Lipinski definition) is 0. The summed E-state index contributed by atoms with van der Waals surface area (Å²) in [4.78, 5) is 1.92. The van der Waals surface area contributed by atoms with Gasteiger partial charge in [0.2, 0.25) is 0 Å². The molecule has 302 valence electrons. The molecule has 0 aliphatic heterocycles. The smallest absolute Gasteiger partial charge is 0.0645 e. The lowest BCUT2D eigenvalue weighted by Crippen LogP contribution is -2.10. The van der Waals surface area contributed by atoms with Gasteiger partial charge in [-0.3, -0.25) is 0 Å². The van der Waals surface area contributed by atoms with Crippen molar-refractivity contribution in [3.8, 4) is 33.4 Å². The van der Waals surface area contributed by atoms with Crippen LogP contribution < -0.4 is 4.90 Å². The van der Waals surface area contributed by atoms with Crippen LogP contribution in [-0.4, -0.2) is 0 Å². The van der Waals surface area contributed by atoms with E-state index in [4.69, 9.17) is 0 Å². The summed E-state index contributed by atoms with van der Waals surface area (Å²) < 4.78 is 39.5. The van der Waals surface area contributed by atoms with Crippen LogP contribution in [0.4, 0.5) is 17.1 Å². The molecule has 1 heteroatoms. The maximum Gasteiger partial charge on any atom is 0.0645 e. The van der Waals surface area contributed by atoms with Gasteiger partial charge in [0, 0.05) is 17.1 Å². The van der Waals surface area contributed by atoms with Gasteiger partial charge in [-0.2, -0.15) is 0 Å². The summed E-state index contributed by atoms with van der Waals surface area (Å²) in [7, 11) is 0. The minimum absolute atomic E-state index is 0.103. The van der Waals surface area contributed by atoms with E-state index >= 15 is 0 Å². The first-order valence-electron chi connectivity index (χ1n) is 24.2. The van der Waals surface area contributed by atoms with Crippen LogP contribution in [0, 0.1) is 0 Å². The fourth-order valence-electron chi connectivity index (χ4n) is 10.2. The summed E-state index contributed by atoms with van der Waals surface area (Å²) in [6.07, 6.45) is 0. The van der Waals surface area contributed by atoms with Gasteiger partial charge in [-0.25, -0.2) is 0 Å². The summed E-state index contributed by atoms with van der Waals surface area (Å²) in [5.74, 6) is 0. The molecule has 0 radical (unpaired) electrons. The van der Waals surface area contributed by atoms with Crippen LogP contribution in [0.2, 0.25) is 0 Å². The number of hydrogen-bond acceptors (Lipinski definition) is 1. The molecular weight excluding hydrogens is 783 g/mol. The van der Waals surface area contributed by atoms with E-state index in [9.17, 15) is 5.48 Å². The first-order valence-corrected chi connectivity index (χ1v) is 22.2. The van der Waals surface area contributed by atoms with Crippen molar-refractivity contribution in [1.29, 1.82) is 0 Å². The summed E-state index contributed by atoms with van der Waals surface area (Å²) in [6.45, 7) is 0. The van der Waals surface area contributed by atoms with Crippen molar-refractivity contribution in [1.82, 2.24) is 0 Å². The van der Waals surface area contributed by atoms with E-state index in [2.05, 4.69) is 182 Å². The highest BCUT2D eigenvalue weighted by Gasteiger charge is 2.18. The molecule has 65 heavy (non-hydrogen) atoms. The van der Waals surface area contributed by atoms with Crippen LogP contribution in [0.1, 0.15) is 5.48 Å². The Hall–Kier alpha value is -8.52. The predicted octanol–water partition coefficient (Wildman–Crippen LogP) is 18.2. The minimum atomic E-state index is -0.127. The third-order valence-corrected chi connectivity index (χ3v) is 13.2. The molecule has 0 fully saturated rings. The topological polar surface area (TPSA) is 3.24 Å². The number of anilines is 3. The lowest BCUT2D eigenvalue weighted by Gasteiger charge is -2.27. The summed E-state index contributed by atoms with van der Waals surface area (Å²) in [5.41, 5.74) is 6.56. The Morgan fingerprint density at radius 1 is 0.231 bits per heavy atom. The highest BCUT2D eigenvalue weighted by molar-refractivity contribution is 6.26. The zero-order chi connectivity index (χ0) is 46.3. The van der Waals surface area contributed by atoms with Gasteiger partial charge >= 0.3 is 0 Å². The minimum Gasteiger partial charge on any atom is -0.310 e. The molecule has 0 atom stereocenters. The first-order chi connectivity index (χ1) is 33.9. The molecule has 0 aliphatic carbocycles. The van der Waals surface area contributed by atoms with E-state index in [1.807, 2.05) is 47.4 Å². The second-order valence-electron chi connectivity index (χ2n) is 16.9. The molecule has 0 saturated heterocycles. The molecule has 1 nitrogen and oxygen atoms in total. The molecule has 13 rings (SSSR count). The Bertz CT molecular complexity index is 4040. The lowest BCUT2D eigenvalue weighted by molar-refractivity contribution is 1.28. The molecule has 0 unspecified atom stereocenters. The lowest BCUT2D eigenvalue weighted by atomic mass is 9.92. The van der Waals surface area contributed by atoms with E-state index in [-0.39, 0.29) is 35.4 Å². The molecule has 13 aromatic carbocycles. The Kier molecular flexibility index (Phi) is 7.68. The molecule has 0 bridgehead atoms. The second-order valence-corrected chi connectivity index (χ2v) is 16.9. The van der Waals surface area contributed by atoms with E-state index in [0.29, 0.717) is 16.9 Å². The Morgan fingerprint density at radius 2 is 0.615 bits per heavy atom. The summed E-state index contributed by atoms with van der Waals surface area (Å²) in [5, 5.41) is 15.8. The molecule has 0 heterocycles. The molecule has 0 spiro atoms.